The summed E-state index contributed by atoms with van der Waals surface area (Å²) in [6, 6.07) is 0. The van der Waals surface area contributed by atoms with Gasteiger partial charge in [0.2, 0.25) is 8.53 Å². The van der Waals surface area contributed by atoms with Crippen molar-refractivity contribution in [3.63, 3.8) is 0 Å². The van der Waals surface area contributed by atoms with Crippen LogP contribution in [0.1, 0.15) is 71.6 Å². The second-order valence-electron chi connectivity index (χ2n) is 9.38. The summed E-state index contributed by atoms with van der Waals surface area (Å²) in [6.45, 7) is 4.77. The van der Waals surface area contributed by atoms with Crippen molar-refractivity contribution in [2.24, 2.45) is 40.0 Å². The Morgan fingerprint density at radius 1 is 1.12 bits per heavy atom. The Kier molecular flexibility index (Phi) is 4.36. The number of Topliss-reactive ketones (excluding diaryl/α,β-unsaturated/α-hetero) is 1. The molecule has 5 heteroatoms. The van der Waals surface area contributed by atoms with Crippen molar-refractivity contribution < 1.29 is 14.2 Å². The standard InChI is InChI=1S/C19H32NO3P/c1-18-9-7-13(23-24(20)22)11-12(18)3-4-14-15-5-6-17(21)19(15,2)10-8-16(14)18/h12-16,22H,3-11,20H2,1-2H3/t12-,13-,14-,15-,16-,18-,19-,24?/m0/s1. The van der Waals surface area contributed by atoms with Crippen LogP contribution >= 0.6 is 8.53 Å². The van der Waals surface area contributed by atoms with Gasteiger partial charge in [-0.05, 0) is 80.5 Å². The molecule has 4 saturated carbocycles. The summed E-state index contributed by atoms with van der Waals surface area (Å²) < 4.78 is 5.57. The number of fused-ring (bicyclic) bond motifs is 5. The second kappa shape index (κ2) is 6.01. The van der Waals surface area contributed by atoms with Crippen LogP contribution in [0.15, 0.2) is 0 Å². The Labute approximate surface area is 146 Å². The van der Waals surface area contributed by atoms with Crippen LogP contribution < -0.4 is 5.50 Å². The molecular formula is C19H32NO3P. The second-order valence-corrected chi connectivity index (χ2v) is 10.2. The number of ketones is 1. The Morgan fingerprint density at radius 2 is 1.92 bits per heavy atom. The minimum atomic E-state index is -1.74. The lowest BCUT2D eigenvalue weighted by Crippen LogP contribution is -2.54. The fourth-order valence-electron chi connectivity index (χ4n) is 7.24. The third kappa shape index (κ3) is 2.52. The van der Waals surface area contributed by atoms with Crippen molar-refractivity contribution in [3.8, 4) is 0 Å². The molecule has 24 heavy (non-hydrogen) atoms. The van der Waals surface area contributed by atoms with Crippen molar-refractivity contribution in [2.75, 3.05) is 0 Å². The first-order valence-corrected chi connectivity index (χ1v) is 11.1. The largest absolute Gasteiger partial charge is 0.338 e. The van der Waals surface area contributed by atoms with Gasteiger partial charge in [-0.3, -0.25) is 10.3 Å². The number of rotatable bonds is 2. The molecule has 4 rings (SSSR count). The van der Waals surface area contributed by atoms with E-state index in [-0.39, 0.29) is 11.5 Å². The number of hydrogen-bond donors (Lipinski definition) is 2. The Morgan fingerprint density at radius 3 is 2.67 bits per heavy atom. The fraction of sp³-hybridized carbons (Fsp3) is 0.947. The van der Waals surface area contributed by atoms with Crippen molar-refractivity contribution in [2.45, 2.75) is 77.7 Å². The first-order chi connectivity index (χ1) is 11.3. The number of carbonyl (C=O) groups excluding carboxylic acids is 1. The van der Waals surface area contributed by atoms with Gasteiger partial charge in [0.15, 0.2) is 0 Å². The molecule has 0 spiro atoms. The lowest BCUT2D eigenvalue weighted by atomic mass is 9.45. The zero-order valence-corrected chi connectivity index (χ0v) is 15.9. The van der Waals surface area contributed by atoms with E-state index < -0.39 is 8.53 Å². The molecule has 0 aromatic carbocycles. The Balaban J connectivity index is 1.53. The molecule has 4 fully saturated rings. The number of nitrogens with two attached hydrogens (primary N) is 1. The van der Waals surface area contributed by atoms with Crippen LogP contribution in [0.4, 0.5) is 0 Å². The van der Waals surface area contributed by atoms with Gasteiger partial charge in [-0.2, -0.15) is 0 Å². The average molecular weight is 353 g/mol. The molecule has 0 saturated heterocycles. The minimum absolute atomic E-state index is 0.0169. The molecule has 1 unspecified atom stereocenters. The van der Waals surface area contributed by atoms with Gasteiger partial charge < -0.3 is 9.42 Å². The summed E-state index contributed by atoms with van der Waals surface area (Å²) in [5.41, 5.74) is 5.86. The van der Waals surface area contributed by atoms with Crippen LogP contribution in [0.3, 0.4) is 0 Å². The zero-order valence-electron chi connectivity index (χ0n) is 15.0. The van der Waals surface area contributed by atoms with E-state index in [1.165, 1.54) is 25.7 Å². The summed E-state index contributed by atoms with van der Waals surface area (Å²) in [7, 11) is -1.74. The highest BCUT2D eigenvalue weighted by Crippen LogP contribution is 2.65. The molecule has 0 aliphatic heterocycles. The maximum atomic E-state index is 12.5. The van der Waals surface area contributed by atoms with Crippen LogP contribution in [0, 0.1) is 34.5 Å². The molecule has 4 nitrogen and oxygen atoms in total. The molecule has 3 N–H and O–H groups in total. The summed E-state index contributed by atoms with van der Waals surface area (Å²) in [5.74, 6) is 3.38. The van der Waals surface area contributed by atoms with E-state index in [9.17, 15) is 9.69 Å². The first-order valence-electron chi connectivity index (χ1n) is 9.78. The van der Waals surface area contributed by atoms with Crippen LogP contribution in [-0.4, -0.2) is 16.8 Å². The first kappa shape index (κ1) is 17.4. The van der Waals surface area contributed by atoms with Crippen molar-refractivity contribution in [1.29, 1.82) is 0 Å². The molecule has 0 heterocycles. The van der Waals surface area contributed by atoms with E-state index in [0.717, 1.165) is 43.9 Å². The minimum Gasteiger partial charge on any atom is -0.338 e. The predicted octanol–water partition coefficient (Wildman–Crippen LogP) is 4.16. The molecule has 8 atom stereocenters. The normalized spacial score (nSPS) is 52.3. The third-order valence-corrected chi connectivity index (χ3v) is 9.10. The average Bonchev–Trinajstić information content (AvgIpc) is 2.83. The summed E-state index contributed by atoms with van der Waals surface area (Å²) >= 11 is 0. The topological polar surface area (TPSA) is 72.6 Å². The number of carbonyl (C=O) groups is 1. The Hall–Kier alpha value is -0.0200. The van der Waals surface area contributed by atoms with Crippen LogP contribution in [0.2, 0.25) is 0 Å². The van der Waals surface area contributed by atoms with Crippen molar-refractivity contribution in [3.05, 3.63) is 0 Å². The van der Waals surface area contributed by atoms with Gasteiger partial charge in [-0.25, -0.2) is 0 Å². The SMILES string of the molecule is C[C@]12CC[C@H](OP(N)O)C[C@@H]1CC[C@@H]1[C@@H]2CC[C@]2(C)C(=O)CC[C@@H]12. The molecule has 0 amide bonds. The van der Waals surface area contributed by atoms with E-state index >= 15 is 0 Å². The van der Waals surface area contributed by atoms with Gasteiger partial charge in [-0.15, -0.1) is 0 Å². The van der Waals surface area contributed by atoms with Crippen molar-refractivity contribution in [1.82, 2.24) is 0 Å². The van der Waals surface area contributed by atoms with Crippen LogP contribution in [0.25, 0.3) is 0 Å². The molecule has 4 aliphatic carbocycles. The third-order valence-electron chi connectivity index (χ3n) is 8.58. The van der Waals surface area contributed by atoms with Crippen LogP contribution in [-0.2, 0) is 9.32 Å². The maximum absolute atomic E-state index is 12.5. The molecule has 0 radical (unpaired) electrons. The number of hydrogen-bond acceptors (Lipinski definition) is 4. The van der Waals surface area contributed by atoms with Gasteiger partial charge in [0.1, 0.15) is 5.78 Å². The summed E-state index contributed by atoms with van der Waals surface area (Å²) in [6.07, 6.45) is 10.2. The monoisotopic (exact) mass is 353 g/mol. The van der Waals surface area contributed by atoms with E-state index in [4.69, 9.17) is 10.0 Å². The molecular weight excluding hydrogens is 321 g/mol. The quantitative estimate of drug-likeness (QED) is 0.731. The van der Waals surface area contributed by atoms with Gasteiger partial charge in [0, 0.05) is 11.8 Å². The van der Waals surface area contributed by atoms with Gasteiger partial charge in [0.05, 0.1) is 6.10 Å². The lowest BCUT2D eigenvalue weighted by Gasteiger charge is -2.60. The maximum Gasteiger partial charge on any atom is 0.250 e. The molecule has 0 aromatic heterocycles. The lowest BCUT2D eigenvalue weighted by molar-refractivity contribution is -0.141. The zero-order chi connectivity index (χ0) is 17.1. The van der Waals surface area contributed by atoms with Crippen LogP contribution in [0.5, 0.6) is 0 Å². The predicted molar refractivity (Wildman–Crippen MR) is 94.9 cm³/mol. The molecule has 0 aromatic rings. The fourth-order valence-corrected chi connectivity index (χ4v) is 7.74. The van der Waals surface area contributed by atoms with E-state index in [2.05, 4.69) is 13.8 Å². The molecule has 0 bridgehead atoms. The van der Waals surface area contributed by atoms with Gasteiger partial charge in [0.25, 0.3) is 0 Å². The Bertz CT molecular complexity index is 527. The highest BCUT2D eigenvalue weighted by atomic mass is 31.2. The molecule has 4 aliphatic rings. The van der Waals surface area contributed by atoms with Gasteiger partial charge >= 0.3 is 0 Å². The highest BCUT2D eigenvalue weighted by Gasteiger charge is 2.60. The molecule has 136 valence electrons. The van der Waals surface area contributed by atoms with E-state index in [1.54, 1.807) is 0 Å². The van der Waals surface area contributed by atoms with E-state index in [0.29, 0.717) is 23.0 Å². The van der Waals surface area contributed by atoms with Gasteiger partial charge in [-0.1, -0.05) is 13.8 Å². The summed E-state index contributed by atoms with van der Waals surface area (Å²) in [5, 5.41) is 0. The van der Waals surface area contributed by atoms with E-state index in [1.807, 2.05) is 0 Å². The van der Waals surface area contributed by atoms with Crippen molar-refractivity contribution >= 4 is 14.3 Å². The highest BCUT2D eigenvalue weighted by molar-refractivity contribution is 7.43. The summed E-state index contributed by atoms with van der Waals surface area (Å²) in [4.78, 5) is 21.9. The smallest absolute Gasteiger partial charge is 0.250 e.